The number of nitrogens with zero attached hydrogens (tertiary/aromatic N) is 1. The van der Waals surface area contributed by atoms with E-state index in [4.69, 9.17) is 4.74 Å². The number of rotatable bonds is 7. The summed E-state index contributed by atoms with van der Waals surface area (Å²) in [5.41, 5.74) is 2.91. The smallest absolute Gasteiger partial charge is 0.340 e. The molecule has 0 spiro atoms. The van der Waals surface area contributed by atoms with Crippen LogP contribution in [-0.2, 0) is 16.1 Å². The van der Waals surface area contributed by atoms with Crippen LogP contribution in [0.2, 0.25) is 0 Å². The standard InChI is InChI=1S/C24H30FN3O4/c1-4-32-24(31)21-15(2)22(27-16(21)3)23(30)28-11-9-17(10-12-28)13-20(29)26-14-18-5-7-19(25)8-6-18/h5-8,17,27H,4,9-14H2,1-3H3,(H,26,29). The molecule has 1 saturated heterocycles. The summed E-state index contributed by atoms with van der Waals surface area (Å²) in [5.74, 6) is -0.713. The summed E-state index contributed by atoms with van der Waals surface area (Å²) in [5, 5.41) is 2.87. The van der Waals surface area contributed by atoms with Gasteiger partial charge < -0.3 is 19.9 Å². The number of ether oxygens (including phenoxy) is 1. The first kappa shape index (κ1) is 23.5. The van der Waals surface area contributed by atoms with Gasteiger partial charge >= 0.3 is 5.97 Å². The van der Waals surface area contributed by atoms with Crippen molar-refractivity contribution in [3.05, 3.63) is 58.2 Å². The molecule has 0 bridgehead atoms. The van der Waals surface area contributed by atoms with Crippen LogP contribution in [0.5, 0.6) is 0 Å². The third-order valence-electron chi connectivity index (χ3n) is 5.91. The van der Waals surface area contributed by atoms with E-state index in [0.717, 1.165) is 18.4 Å². The summed E-state index contributed by atoms with van der Waals surface area (Å²) in [6.07, 6.45) is 1.87. The van der Waals surface area contributed by atoms with E-state index in [9.17, 15) is 18.8 Å². The lowest BCUT2D eigenvalue weighted by atomic mass is 9.93. The number of benzene rings is 1. The van der Waals surface area contributed by atoms with Crippen molar-refractivity contribution in [1.82, 2.24) is 15.2 Å². The Labute approximate surface area is 187 Å². The Balaban J connectivity index is 1.50. The second kappa shape index (κ2) is 10.4. The van der Waals surface area contributed by atoms with Gasteiger partial charge in [-0.15, -0.1) is 0 Å². The molecule has 0 atom stereocenters. The Kier molecular flexibility index (Phi) is 7.66. The fourth-order valence-corrected chi connectivity index (χ4v) is 4.11. The number of aromatic amines is 1. The first-order valence-corrected chi connectivity index (χ1v) is 11.0. The highest BCUT2D eigenvalue weighted by Crippen LogP contribution is 2.25. The summed E-state index contributed by atoms with van der Waals surface area (Å²) in [6.45, 7) is 7.01. The van der Waals surface area contributed by atoms with Crippen LogP contribution in [0.15, 0.2) is 24.3 Å². The third kappa shape index (κ3) is 5.55. The van der Waals surface area contributed by atoms with Crippen LogP contribution in [0.25, 0.3) is 0 Å². The predicted molar refractivity (Wildman–Crippen MR) is 118 cm³/mol. The van der Waals surface area contributed by atoms with Crippen LogP contribution < -0.4 is 5.32 Å². The van der Waals surface area contributed by atoms with Gasteiger partial charge in [0.05, 0.1) is 12.2 Å². The van der Waals surface area contributed by atoms with Gasteiger partial charge in [-0.1, -0.05) is 12.1 Å². The Morgan fingerprint density at radius 1 is 1.16 bits per heavy atom. The molecule has 1 fully saturated rings. The summed E-state index contributed by atoms with van der Waals surface area (Å²) in [7, 11) is 0. The number of H-pyrrole nitrogens is 1. The van der Waals surface area contributed by atoms with Crippen LogP contribution in [0.1, 0.15) is 63.9 Å². The summed E-state index contributed by atoms with van der Waals surface area (Å²) in [4.78, 5) is 42.3. The molecule has 0 aliphatic carbocycles. The lowest BCUT2D eigenvalue weighted by Crippen LogP contribution is -2.40. The number of aromatic nitrogens is 1. The van der Waals surface area contributed by atoms with Crippen LogP contribution in [0.4, 0.5) is 4.39 Å². The Bertz CT molecular complexity index is 976. The molecular formula is C24H30FN3O4. The molecule has 1 aromatic heterocycles. The molecule has 1 aromatic carbocycles. The molecule has 2 heterocycles. The number of aryl methyl sites for hydroxylation is 1. The van der Waals surface area contributed by atoms with Gasteiger partial charge in [0.1, 0.15) is 11.5 Å². The number of hydrogen-bond donors (Lipinski definition) is 2. The number of halogens is 1. The zero-order chi connectivity index (χ0) is 23.3. The summed E-state index contributed by atoms with van der Waals surface area (Å²) < 4.78 is 18.1. The first-order valence-electron chi connectivity index (χ1n) is 11.0. The Morgan fingerprint density at radius 3 is 2.44 bits per heavy atom. The Hall–Kier alpha value is -3.16. The van der Waals surface area contributed by atoms with Gasteiger partial charge in [-0.05, 0) is 62.8 Å². The minimum atomic E-state index is -0.428. The summed E-state index contributed by atoms with van der Waals surface area (Å²) in [6, 6.07) is 6.04. The lowest BCUT2D eigenvalue weighted by Gasteiger charge is -2.31. The van der Waals surface area contributed by atoms with Crippen molar-refractivity contribution in [2.45, 2.75) is 46.6 Å². The second-order valence-corrected chi connectivity index (χ2v) is 8.19. The minimum absolute atomic E-state index is 0.0472. The highest BCUT2D eigenvalue weighted by molar-refractivity contribution is 6.00. The molecule has 2 amide bonds. The number of amides is 2. The molecule has 7 nitrogen and oxygen atoms in total. The molecule has 172 valence electrons. The summed E-state index contributed by atoms with van der Waals surface area (Å²) >= 11 is 0. The molecule has 32 heavy (non-hydrogen) atoms. The van der Waals surface area contributed by atoms with E-state index in [2.05, 4.69) is 10.3 Å². The van der Waals surface area contributed by atoms with Gasteiger partial charge in [-0.25, -0.2) is 9.18 Å². The number of esters is 1. The van der Waals surface area contributed by atoms with E-state index < -0.39 is 5.97 Å². The number of likely N-dealkylation sites (tertiary alicyclic amines) is 1. The molecule has 0 unspecified atom stereocenters. The van der Waals surface area contributed by atoms with Gasteiger partial charge in [0.15, 0.2) is 0 Å². The van der Waals surface area contributed by atoms with Gasteiger partial charge in [-0.2, -0.15) is 0 Å². The first-order chi connectivity index (χ1) is 15.3. The van der Waals surface area contributed by atoms with Gasteiger partial charge in [0.25, 0.3) is 5.91 Å². The Morgan fingerprint density at radius 2 is 1.81 bits per heavy atom. The van der Waals surface area contributed by atoms with E-state index in [1.165, 1.54) is 12.1 Å². The zero-order valence-corrected chi connectivity index (χ0v) is 18.8. The number of nitrogens with one attached hydrogen (secondary N) is 2. The molecule has 0 saturated carbocycles. The van der Waals surface area contributed by atoms with Crippen molar-refractivity contribution < 1.29 is 23.5 Å². The van der Waals surface area contributed by atoms with E-state index in [0.29, 0.717) is 48.6 Å². The molecule has 2 N–H and O–H groups in total. The molecule has 0 radical (unpaired) electrons. The number of piperidine rings is 1. The van der Waals surface area contributed by atoms with Crippen molar-refractivity contribution >= 4 is 17.8 Å². The SMILES string of the molecule is CCOC(=O)c1c(C)[nH]c(C(=O)N2CCC(CC(=O)NCc3ccc(F)cc3)CC2)c1C. The number of hydrogen-bond acceptors (Lipinski definition) is 4. The van der Waals surface area contributed by atoms with Crippen molar-refractivity contribution in [2.75, 3.05) is 19.7 Å². The van der Waals surface area contributed by atoms with E-state index in [-0.39, 0.29) is 30.2 Å². The largest absolute Gasteiger partial charge is 0.462 e. The quantitative estimate of drug-likeness (QED) is 0.641. The van der Waals surface area contributed by atoms with Crippen molar-refractivity contribution in [3.63, 3.8) is 0 Å². The van der Waals surface area contributed by atoms with Crippen molar-refractivity contribution in [3.8, 4) is 0 Å². The van der Waals surface area contributed by atoms with E-state index >= 15 is 0 Å². The predicted octanol–water partition coefficient (Wildman–Crippen LogP) is 3.51. The number of carbonyl (C=O) groups is 3. The van der Waals surface area contributed by atoms with Gasteiger partial charge in [-0.3, -0.25) is 9.59 Å². The highest BCUT2D eigenvalue weighted by atomic mass is 19.1. The van der Waals surface area contributed by atoms with Crippen molar-refractivity contribution in [2.24, 2.45) is 5.92 Å². The monoisotopic (exact) mass is 443 g/mol. The van der Waals surface area contributed by atoms with Crippen LogP contribution in [0, 0.1) is 25.6 Å². The molecule has 1 aliphatic heterocycles. The molecular weight excluding hydrogens is 413 g/mol. The topological polar surface area (TPSA) is 91.5 Å². The van der Waals surface area contributed by atoms with Gasteiger partial charge in [0, 0.05) is 31.7 Å². The maximum absolute atomic E-state index is 13.0. The number of carbonyl (C=O) groups excluding carboxylic acids is 3. The lowest BCUT2D eigenvalue weighted by molar-refractivity contribution is -0.122. The minimum Gasteiger partial charge on any atom is -0.462 e. The van der Waals surface area contributed by atoms with Crippen LogP contribution in [0.3, 0.4) is 0 Å². The zero-order valence-electron chi connectivity index (χ0n) is 18.8. The molecule has 1 aliphatic rings. The third-order valence-corrected chi connectivity index (χ3v) is 5.91. The second-order valence-electron chi connectivity index (χ2n) is 8.19. The fraction of sp³-hybridized carbons (Fsp3) is 0.458. The fourth-order valence-electron chi connectivity index (χ4n) is 4.11. The maximum atomic E-state index is 13.0. The molecule has 8 heteroatoms. The van der Waals surface area contributed by atoms with Crippen LogP contribution in [-0.4, -0.2) is 47.4 Å². The average molecular weight is 444 g/mol. The molecule has 3 rings (SSSR count). The molecule has 2 aromatic rings. The van der Waals surface area contributed by atoms with E-state index in [1.54, 1.807) is 37.8 Å². The highest BCUT2D eigenvalue weighted by Gasteiger charge is 2.29. The van der Waals surface area contributed by atoms with Gasteiger partial charge in [0.2, 0.25) is 5.91 Å². The van der Waals surface area contributed by atoms with Crippen molar-refractivity contribution in [1.29, 1.82) is 0 Å². The normalized spacial score (nSPS) is 14.3. The average Bonchev–Trinajstić information content (AvgIpc) is 3.07. The maximum Gasteiger partial charge on any atom is 0.340 e. The van der Waals surface area contributed by atoms with E-state index in [1.807, 2.05) is 0 Å². The van der Waals surface area contributed by atoms with Crippen LogP contribution >= 0.6 is 0 Å².